The van der Waals surface area contributed by atoms with Crippen LogP contribution < -0.4 is 5.32 Å². The molecule has 0 radical (unpaired) electrons. The monoisotopic (exact) mass is 202 g/mol. The molecule has 2 aromatic heterocycles. The number of hydrogen-bond acceptors (Lipinski definition) is 5. The summed E-state index contributed by atoms with van der Waals surface area (Å²) in [6, 6.07) is 7.09. The molecule has 0 atom stereocenters. The highest BCUT2D eigenvalue weighted by Crippen LogP contribution is 2.06. The minimum absolute atomic E-state index is 0.0477. The van der Waals surface area contributed by atoms with E-state index < -0.39 is 0 Å². The second kappa shape index (κ2) is 4.36. The van der Waals surface area contributed by atoms with E-state index in [0.717, 1.165) is 5.69 Å². The third-order valence-electron chi connectivity index (χ3n) is 1.79. The minimum atomic E-state index is -0.0477. The van der Waals surface area contributed by atoms with E-state index in [9.17, 15) is 0 Å². The van der Waals surface area contributed by atoms with Crippen molar-refractivity contribution in [3.63, 3.8) is 0 Å². The Labute approximate surface area is 86.9 Å². The van der Waals surface area contributed by atoms with Crippen molar-refractivity contribution in [3.05, 3.63) is 42.4 Å². The number of aromatic nitrogens is 3. The smallest absolute Gasteiger partial charge is 0.226 e. The molecule has 2 aromatic rings. The second-order valence-electron chi connectivity index (χ2n) is 2.91. The summed E-state index contributed by atoms with van der Waals surface area (Å²) in [5.74, 6) is 0.342. The highest BCUT2D eigenvalue weighted by Gasteiger charge is 1.97. The Hall–Kier alpha value is -2.17. The number of hydrogen-bond donors (Lipinski definition) is 2. The summed E-state index contributed by atoms with van der Waals surface area (Å²) < 4.78 is 0. The maximum atomic E-state index is 9.10. The van der Waals surface area contributed by atoms with Gasteiger partial charge in [-0.2, -0.15) is 4.98 Å². The van der Waals surface area contributed by atoms with Crippen LogP contribution >= 0.6 is 0 Å². The lowest BCUT2D eigenvalue weighted by Crippen LogP contribution is -2.04. The van der Waals surface area contributed by atoms with Gasteiger partial charge in [0.1, 0.15) is 0 Å². The molecule has 0 aromatic carbocycles. The van der Waals surface area contributed by atoms with Crippen LogP contribution in [-0.4, -0.2) is 20.1 Å². The van der Waals surface area contributed by atoms with Crippen LogP contribution in [0.2, 0.25) is 0 Å². The fraction of sp³-hybridized carbons (Fsp3) is 0.100. The summed E-state index contributed by atoms with van der Waals surface area (Å²) in [6.45, 7) is 0.532. The summed E-state index contributed by atoms with van der Waals surface area (Å²) >= 11 is 0. The van der Waals surface area contributed by atoms with Crippen molar-refractivity contribution in [1.29, 1.82) is 0 Å². The van der Waals surface area contributed by atoms with Crippen molar-refractivity contribution in [1.82, 2.24) is 15.0 Å². The number of anilines is 1. The largest absolute Gasteiger partial charge is 0.493 e. The van der Waals surface area contributed by atoms with Gasteiger partial charge in [-0.1, -0.05) is 6.07 Å². The van der Waals surface area contributed by atoms with E-state index in [1.165, 1.54) is 12.3 Å². The Morgan fingerprint density at radius 2 is 2.07 bits per heavy atom. The molecule has 0 amide bonds. The molecule has 0 saturated carbocycles. The van der Waals surface area contributed by atoms with Gasteiger partial charge in [0.2, 0.25) is 11.8 Å². The average molecular weight is 202 g/mol. The molecule has 15 heavy (non-hydrogen) atoms. The van der Waals surface area contributed by atoms with E-state index in [2.05, 4.69) is 20.3 Å². The number of rotatable bonds is 3. The van der Waals surface area contributed by atoms with Gasteiger partial charge in [0, 0.05) is 18.5 Å². The van der Waals surface area contributed by atoms with Gasteiger partial charge in [-0.15, -0.1) is 0 Å². The van der Waals surface area contributed by atoms with Crippen LogP contribution in [0.1, 0.15) is 5.69 Å². The third-order valence-corrected chi connectivity index (χ3v) is 1.79. The van der Waals surface area contributed by atoms with Crippen LogP contribution in [0, 0.1) is 0 Å². The molecule has 5 heteroatoms. The zero-order valence-electron chi connectivity index (χ0n) is 7.96. The van der Waals surface area contributed by atoms with Gasteiger partial charge < -0.3 is 10.4 Å². The molecule has 2 rings (SSSR count). The predicted octanol–water partition coefficient (Wildman–Crippen LogP) is 1.19. The average Bonchev–Trinajstić information content (AvgIpc) is 2.28. The number of nitrogens with one attached hydrogen (secondary N) is 1. The molecule has 2 N–H and O–H groups in total. The van der Waals surface area contributed by atoms with E-state index in [0.29, 0.717) is 12.5 Å². The Balaban J connectivity index is 1.99. The number of pyridine rings is 1. The minimum Gasteiger partial charge on any atom is -0.493 e. The first-order chi connectivity index (χ1) is 7.34. The molecule has 0 saturated heterocycles. The van der Waals surface area contributed by atoms with Gasteiger partial charge in [0.05, 0.1) is 12.2 Å². The van der Waals surface area contributed by atoms with Crippen LogP contribution in [-0.2, 0) is 6.54 Å². The Bertz CT molecular complexity index is 432. The fourth-order valence-electron chi connectivity index (χ4n) is 1.11. The van der Waals surface area contributed by atoms with E-state index in [-0.39, 0.29) is 5.88 Å². The molecule has 0 spiro atoms. The lowest BCUT2D eigenvalue weighted by molar-refractivity contribution is 0.453. The first-order valence-electron chi connectivity index (χ1n) is 4.50. The zero-order valence-corrected chi connectivity index (χ0v) is 7.96. The van der Waals surface area contributed by atoms with Crippen LogP contribution in [0.15, 0.2) is 36.7 Å². The van der Waals surface area contributed by atoms with Crippen molar-refractivity contribution in [2.45, 2.75) is 6.54 Å². The molecule has 0 bridgehead atoms. The summed E-state index contributed by atoms with van der Waals surface area (Å²) in [4.78, 5) is 11.9. The third kappa shape index (κ3) is 2.63. The molecule has 76 valence electrons. The molecule has 5 nitrogen and oxygen atoms in total. The van der Waals surface area contributed by atoms with Gasteiger partial charge in [0.25, 0.3) is 0 Å². The van der Waals surface area contributed by atoms with Crippen molar-refractivity contribution in [2.24, 2.45) is 0 Å². The molecule has 0 fully saturated rings. The van der Waals surface area contributed by atoms with E-state index in [1.54, 1.807) is 6.20 Å². The van der Waals surface area contributed by atoms with Gasteiger partial charge in [-0.25, -0.2) is 4.98 Å². The molecular formula is C10H10N4O. The number of aromatic hydroxyl groups is 1. The van der Waals surface area contributed by atoms with Gasteiger partial charge in [-0.3, -0.25) is 4.98 Å². The fourth-order valence-corrected chi connectivity index (χ4v) is 1.11. The van der Waals surface area contributed by atoms with Crippen molar-refractivity contribution >= 4 is 5.95 Å². The topological polar surface area (TPSA) is 70.9 Å². The van der Waals surface area contributed by atoms with E-state index >= 15 is 0 Å². The molecule has 0 unspecified atom stereocenters. The quantitative estimate of drug-likeness (QED) is 0.782. The van der Waals surface area contributed by atoms with E-state index in [4.69, 9.17) is 5.11 Å². The zero-order chi connectivity index (χ0) is 10.5. The van der Waals surface area contributed by atoms with Crippen molar-refractivity contribution in [2.75, 3.05) is 5.32 Å². The maximum Gasteiger partial charge on any atom is 0.226 e. The lowest BCUT2D eigenvalue weighted by atomic mass is 10.3. The van der Waals surface area contributed by atoms with Crippen LogP contribution in [0.5, 0.6) is 5.88 Å². The highest BCUT2D eigenvalue weighted by molar-refractivity contribution is 5.27. The Morgan fingerprint density at radius 3 is 2.80 bits per heavy atom. The normalized spacial score (nSPS) is 9.87. The maximum absolute atomic E-state index is 9.10. The number of nitrogens with zero attached hydrogens (tertiary/aromatic N) is 3. The predicted molar refractivity (Wildman–Crippen MR) is 55.3 cm³/mol. The van der Waals surface area contributed by atoms with Crippen LogP contribution in [0.3, 0.4) is 0 Å². The standard InChI is InChI=1S/C10H10N4O/c15-9-4-6-12-10(14-9)13-7-8-3-1-2-5-11-8/h1-6H,7H2,(H2,12,13,14,15). The lowest BCUT2D eigenvalue weighted by Gasteiger charge is -2.03. The van der Waals surface area contributed by atoms with Crippen molar-refractivity contribution in [3.8, 4) is 5.88 Å². The van der Waals surface area contributed by atoms with Crippen LogP contribution in [0.25, 0.3) is 0 Å². The Kier molecular flexibility index (Phi) is 2.73. The summed E-state index contributed by atoms with van der Waals surface area (Å²) in [6.07, 6.45) is 3.21. The Morgan fingerprint density at radius 1 is 1.13 bits per heavy atom. The summed E-state index contributed by atoms with van der Waals surface area (Å²) in [7, 11) is 0. The van der Waals surface area contributed by atoms with Gasteiger partial charge in [0.15, 0.2) is 0 Å². The molecule has 0 aliphatic rings. The molecule has 0 aliphatic heterocycles. The second-order valence-corrected chi connectivity index (χ2v) is 2.91. The van der Waals surface area contributed by atoms with Gasteiger partial charge in [-0.05, 0) is 12.1 Å². The van der Waals surface area contributed by atoms with Crippen molar-refractivity contribution < 1.29 is 5.11 Å². The molecular weight excluding hydrogens is 192 g/mol. The van der Waals surface area contributed by atoms with Gasteiger partial charge >= 0.3 is 0 Å². The summed E-state index contributed by atoms with van der Waals surface area (Å²) in [5, 5.41) is 12.1. The van der Waals surface area contributed by atoms with Crippen LogP contribution in [0.4, 0.5) is 5.95 Å². The summed E-state index contributed by atoms with van der Waals surface area (Å²) in [5.41, 5.74) is 0.893. The SMILES string of the molecule is Oc1ccnc(NCc2ccccn2)n1. The molecule has 2 heterocycles. The first kappa shape index (κ1) is 9.39. The van der Waals surface area contributed by atoms with E-state index in [1.807, 2.05) is 18.2 Å². The molecule has 0 aliphatic carbocycles. The first-order valence-corrected chi connectivity index (χ1v) is 4.50. The highest BCUT2D eigenvalue weighted by atomic mass is 16.3.